The van der Waals surface area contributed by atoms with Gasteiger partial charge in [-0.2, -0.15) is 0 Å². The van der Waals surface area contributed by atoms with Crippen LogP contribution in [0.4, 0.5) is 9.59 Å². The van der Waals surface area contributed by atoms with E-state index in [-0.39, 0.29) is 18.7 Å². The average Bonchev–Trinajstić information content (AvgIpc) is 2.98. The molecule has 0 saturated carbocycles. The van der Waals surface area contributed by atoms with Crippen molar-refractivity contribution in [2.24, 2.45) is 0 Å². The number of nitrogens with one attached hydrogen (secondary N) is 1. The van der Waals surface area contributed by atoms with Gasteiger partial charge in [-0.25, -0.2) is 14.4 Å². The average molecular weight is 421 g/mol. The Morgan fingerprint density at radius 2 is 1.63 bits per heavy atom. The molecule has 0 atom stereocenters. The van der Waals surface area contributed by atoms with E-state index in [9.17, 15) is 24.6 Å². The quantitative estimate of drug-likeness (QED) is 0.623. The zero-order chi connectivity index (χ0) is 22.3. The third kappa shape index (κ3) is 6.62. The Hall–Kier alpha value is -3.89. The van der Waals surface area contributed by atoms with Gasteiger partial charge in [-0.3, -0.25) is 0 Å². The first-order valence-electron chi connectivity index (χ1n) is 8.90. The van der Waals surface area contributed by atoms with Crippen molar-refractivity contribution >= 4 is 18.2 Å². The minimum Gasteiger partial charge on any atom is -0.492 e. The van der Waals surface area contributed by atoms with Crippen LogP contribution in [0.2, 0.25) is 0 Å². The summed E-state index contributed by atoms with van der Waals surface area (Å²) in [5, 5.41) is 22.2. The highest BCUT2D eigenvalue weighted by atomic mass is 16.8. The molecule has 0 bridgehead atoms. The predicted octanol–water partition coefficient (Wildman–Crippen LogP) is 2.05. The summed E-state index contributed by atoms with van der Waals surface area (Å²) in [4.78, 5) is 46.4. The van der Waals surface area contributed by atoms with Crippen LogP contribution in [0.25, 0.3) is 0 Å². The summed E-state index contributed by atoms with van der Waals surface area (Å²) in [5.41, 5.74) is -0.548. The van der Waals surface area contributed by atoms with Gasteiger partial charge in [-0.1, -0.05) is 18.2 Å². The van der Waals surface area contributed by atoms with Crippen molar-refractivity contribution in [2.45, 2.75) is 26.4 Å². The van der Waals surface area contributed by atoms with Crippen LogP contribution in [0.15, 0.2) is 42.5 Å². The summed E-state index contributed by atoms with van der Waals surface area (Å²) < 4.78 is 5.52. The fourth-order valence-corrected chi connectivity index (χ4v) is 2.09. The van der Waals surface area contributed by atoms with Gasteiger partial charge in [0.05, 0.1) is 12.1 Å². The molecule has 1 heterocycles. The number of hydroxylamine groups is 2. The van der Waals surface area contributed by atoms with E-state index in [0.717, 1.165) is 12.1 Å². The zero-order valence-corrected chi connectivity index (χ0v) is 16.7. The Morgan fingerprint density at radius 3 is 2.20 bits per heavy atom. The van der Waals surface area contributed by atoms with Gasteiger partial charge in [0.1, 0.15) is 5.60 Å². The molecule has 0 unspecified atom stereocenters. The number of hydrogen-bond acceptors (Lipinski definition) is 8. The number of amides is 2. The van der Waals surface area contributed by atoms with E-state index in [0.29, 0.717) is 9.79 Å². The summed E-state index contributed by atoms with van der Waals surface area (Å²) in [7, 11) is 0. The summed E-state index contributed by atoms with van der Waals surface area (Å²) in [6, 6.07) is 10.1. The molecule has 162 valence electrons. The molecule has 0 saturated heterocycles. The first-order valence-corrected chi connectivity index (χ1v) is 8.90. The van der Waals surface area contributed by atoms with Crippen molar-refractivity contribution in [2.75, 3.05) is 13.1 Å². The van der Waals surface area contributed by atoms with Gasteiger partial charge in [0.15, 0.2) is 0 Å². The van der Waals surface area contributed by atoms with Gasteiger partial charge in [-0.15, -0.1) is 9.79 Å². The minimum atomic E-state index is -1.23. The SMILES string of the molecule is CC(C)(C)OC(=O)NCCN(OC(=O)c1ccccc1)C(=O)On1c(O)ccc1O. The van der Waals surface area contributed by atoms with Gasteiger partial charge < -0.3 is 29.9 Å². The molecule has 11 heteroatoms. The van der Waals surface area contributed by atoms with Crippen LogP contribution in [0, 0.1) is 0 Å². The molecule has 0 aliphatic rings. The van der Waals surface area contributed by atoms with Gasteiger partial charge in [0, 0.05) is 18.7 Å². The Kier molecular flexibility index (Phi) is 7.13. The first kappa shape index (κ1) is 22.4. The van der Waals surface area contributed by atoms with Gasteiger partial charge in [-0.05, 0) is 32.9 Å². The van der Waals surface area contributed by atoms with Gasteiger partial charge >= 0.3 is 18.2 Å². The van der Waals surface area contributed by atoms with Crippen LogP contribution in [0.5, 0.6) is 11.8 Å². The fraction of sp³-hybridized carbons (Fsp3) is 0.316. The van der Waals surface area contributed by atoms with E-state index < -0.39 is 35.5 Å². The number of carbonyl (C=O) groups excluding carboxylic acids is 3. The first-order chi connectivity index (χ1) is 14.1. The third-order valence-electron chi connectivity index (χ3n) is 3.36. The second kappa shape index (κ2) is 9.54. The van der Waals surface area contributed by atoms with Crippen LogP contribution in [-0.2, 0) is 9.57 Å². The smallest absolute Gasteiger partial charge is 0.468 e. The van der Waals surface area contributed by atoms with Crippen LogP contribution < -0.4 is 10.2 Å². The molecular formula is C19H23N3O8. The molecule has 0 radical (unpaired) electrons. The number of ether oxygens (including phenoxy) is 1. The van der Waals surface area contributed by atoms with Crippen LogP contribution in [-0.4, -0.2) is 56.9 Å². The number of benzene rings is 1. The lowest BCUT2D eigenvalue weighted by Gasteiger charge is -2.22. The Balaban J connectivity index is 2.06. The molecule has 0 fully saturated rings. The lowest BCUT2D eigenvalue weighted by molar-refractivity contribution is -0.0953. The standard InChI is InChI=1S/C19H23N3O8/c1-19(2,3)28-17(26)20-11-12-21(29-16(25)13-7-5-4-6-8-13)18(27)30-22-14(23)9-10-15(22)24/h4-10,23-24H,11-12H2,1-3H3,(H,20,26). The summed E-state index contributed by atoms with van der Waals surface area (Å²) in [6.45, 7) is 4.62. The maximum atomic E-state index is 12.4. The van der Waals surface area contributed by atoms with Crippen molar-refractivity contribution in [3.8, 4) is 11.8 Å². The molecular weight excluding hydrogens is 398 g/mol. The minimum absolute atomic E-state index is 0.143. The van der Waals surface area contributed by atoms with Crippen LogP contribution >= 0.6 is 0 Å². The number of rotatable bonds is 5. The highest BCUT2D eigenvalue weighted by molar-refractivity contribution is 5.89. The second-order valence-electron chi connectivity index (χ2n) is 6.98. The van der Waals surface area contributed by atoms with Crippen molar-refractivity contribution in [1.82, 2.24) is 15.1 Å². The Morgan fingerprint density at radius 1 is 1.03 bits per heavy atom. The molecule has 0 spiro atoms. The topological polar surface area (TPSA) is 140 Å². The molecule has 30 heavy (non-hydrogen) atoms. The molecule has 1 aromatic carbocycles. The molecule has 0 aliphatic heterocycles. The highest BCUT2D eigenvalue weighted by Gasteiger charge is 2.25. The number of alkyl carbamates (subject to hydrolysis) is 1. The van der Waals surface area contributed by atoms with Crippen molar-refractivity contribution in [3.05, 3.63) is 48.0 Å². The number of carbonyl (C=O) groups is 3. The second-order valence-corrected chi connectivity index (χ2v) is 6.98. The van der Waals surface area contributed by atoms with Crippen molar-refractivity contribution < 1.29 is 39.0 Å². The summed E-state index contributed by atoms with van der Waals surface area (Å²) in [5.74, 6) is -1.96. The highest BCUT2D eigenvalue weighted by Crippen LogP contribution is 2.19. The van der Waals surface area contributed by atoms with Crippen molar-refractivity contribution in [1.29, 1.82) is 0 Å². The lowest BCUT2D eigenvalue weighted by Crippen LogP contribution is -2.43. The monoisotopic (exact) mass is 421 g/mol. The van der Waals surface area contributed by atoms with E-state index in [1.165, 1.54) is 12.1 Å². The molecule has 2 rings (SSSR count). The normalized spacial score (nSPS) is 10.8. The van der Waals surface area contributed by atoms with Gasteiger partial charge in [0.25, 0.3) is 0 Å². The number of nitrogens with zero attached hydrogens (tertiary/aromatic N) is 2. The number of aromatic nitrogens is 1. The summed E-state index contributed by atoms with van der Waals surface area (Å²) in [6.07, 6.45) is -1.96. The van der Waals surface area contributed by atoms with E-state index in [4.69, 9.17) is 14.4 Å². The molecule has 1 aromatic heterocycles. The van der Waals surface area contributed by atoms with Crippen molar-refractivity contribution in [3.63, 3.8) is 0 Å². The van der Waals surface area contributed by atoms with Crippen LogP contribution in [0.3, 0.4) is 0 Å². The van der Waals surface area contributed by atoms with E-state index in [1.54, 1.807) is 39.0 Å². The molecule has 0 aliphatic carbocycles. The Labute approximate surface area is 172 Å². The molecule has 2 aromatic rings. The third-order valence-corrected chi connectivity index (χ3v) is 3.36. The molecule has 3 N–H and O–H groups in total. The Bertz CT molecular complexity index is 869. The van der Waals surface area contributed by atoms with Gasteiger partial charge in [0.2, 0.25) is 11.8 Å². The largest absolute Gasteiger partial charge is 0.492 e. The molecule has 11 nitrogen and oxygen atoms in total. The maximum absolute atomic E-state index is 12.4. The predicted molar refractivity (Wildman–Crippen MR) is 103 cm³/mol. The fourth-order valence-electron chi connectivity index (χ4n) is 2.09. The number of hydrogen-bond donors (Lipinski definition) is 3. The maximum Gasteiger partial charge on any atom is 0.468 e. The number of aromatic hydroxyl groups is 2. The van der Waals surface area contributed by atoms with E-state index in [2.05, 4.69) is 5.32 Å². The summed E-state index contributed by atoms with van der Waals surface area (Å²) >= 11 is 0. The van der Waals surface area contributed by atoms with E-state index >= 15 is 0 Å². The molecule has 2 amide bonds. The lowest BCUT2D eigenvalue weighted by atomic mass is 10.2. The van der Waals surface area contributed by atoms with Crippen LogP contribution in [0.1, 0.15) is 31.1 Å². The zero-order valence-electron chi connectivity index (χ0n) is 16.7. The van der Waals surface area contributed by atoms with E-state index in [1.807, 2.05) is 0 Å².